The first-order valence-corrected chi connectivity index (χ1v) is 14.0. The molecule has 4 heterocycles. The maximum Gasteiger partial charge on any atom is 0.264 e. The molecule has 1 amide bonds. The Morgan fingerprint density at radius 3 is 2.72 bits per heavy atom. The third-order valence-corrected chi connectivity index (χ3v) is 8.61. The van der Waals surface area contributed by atoms with Crippen molar-refractivity contribution in [2.45, 2.75) is 50.7 Å². The number of aryl methyl sites for hydroxylation is 1. The summed E-state index contributed by atoms with van der Waals surface area (Å²) in [6, 6.07) is 8.91. The Morgan fingerprint density at radius 2 is 1.95 bits per heavy atom. The summed E-state index contributed by atoms with van der Waals surface area (Å²) in [5.41, 5.74) is 2.02. The van der Waals surface area contributed by atoms with E-state index in [9.17, 15) is 9.59 Å². The van der Waals surface area contributed by atoms with Crippen LogP contribution in [0.5, 0.6) is 0 Å². The number of nitrogens with one attached hydrogen (secondary N) is 1. The number of halogens is 1. The quantitative estimate of drug-likeness (QED) is 0.401. The first-order valence-electron chi connectivity index (χ1n) is 13.6. The van der Waals surface area contributed by atoms with Crippen LogP contribution in [0.2, 0.25) is 5.02 Å². The van der Waals surface area contributed by atoms with Crippen LogP contribution in [-0.4, -0.2) is 69.7 Å². The number of piperazine rings is 1. The van der Waals surface area contributed by atoms with Gasteiger partial charge in [0.05, 0.1) is 10.5 Å². The van der Waals surface area contributed by atoms with Crippen molar-refractivity contribution in [3.8, 4) is 0 Å². The van der Waals surface area contributed by atoms with Crippen LogP contribution >= 0.6 is 11.6 Å². The van der Waals surface area contributed by atoms with E-state index in [1.807, 2.05) is 34.9 Å². The highest BCUT2D eigenvalue weighted by Crippen LogP contribution is 2.35. The van der Waals surface area contributed by atoms with Crippen molar-refractivity contribution in [1.29, 1.82) is 0 Å². The Kier molecular flexibility index (Phi) is 7.14. The largest absolute Gasteiger partial charge is 0.360 e. The number of likely N-dealkylation sites (N-methyl/N-ethyl adjacent to an activating group) is 1. The lowest BCUT2D eigenvalue weighted by molar-refractivity contribution is -0.128. The van der Waals surface area contributed by atoms with Crippen molar-refractivity contribution in [1.82, 2.24) is 29.8 Å². The third kappa shape index (κ3) is 4.83. The van der Waals surface area contributed by atoms with Crippen molar-refractivity contribution in [3.05, 3.63) is 69.4 Å². The molecular formula is C29H33ClN6O3. The van der Waals surface area contributed by atoms with Crippen LogP contribution in [-0.2, 0) is 4.79 Å². The molecule has 0 radical (unpaired) electrons. The molecule has 4 aromatic rings. The van der Waals surface area contributed by atoms with Crippen LogP contribution in [0.25, 0.3) is 21.8 Å². The van der Waals surface area contributed by atoms with E-state index in [4.69, 9.17) is 16.1 Å². The monoisotopic (exact) mass is 548 g/mol. The smallest absolute Gasteiger partial charge is 0.264 e. The number of hydrogen-bond donors (Lipinski definition) is 1. The molecule has 39 heavy (non-hydrogen) atoms. The number of pyridine rings is 2. The summed E-state index contributed by atoms with van der Waals surface area (Å²) in [5, 5.41) is 9.24. The van der Waals surface area contributed by atoms with E-state index in [0.717, 1.165) is 61.9 Å². The fourth-order valence-corrected chi connectivity index (χ4v) is 6.55. The van der Waals surface area contributed by atoms with Gasteiger partial charge >= 0.3 is 0 Å². The summed E-state index contributed by atoms with van der Waals surface area (Å²) in [6.45, 7) is 5.22. The van der Waals surface area contributed by atoms with Crippen molar-refractivity contribution >= 4 is 39.3 Å². The molecule has 1 aliphatic carbocycles. The van der Waals surface area contributed by atoms with Gasteiger partial charge in [0, 0.05) is 56.0 Å². The maximum absolute atomic E-state index is 13.8. The molecule has 2 fully saturated rings. The van der Waals surface area contributed by atoms with Crippen molar-refractivity contribution in [2.75, 3.05) is 33.2 Å². The molecule has 10 heteroatoms. The van der Waals surface area contributed by atoms with Gasteiger partial charge < -0.3 is 19.3 Å². The summed E-state index contributed by atoms with van der Waals surface area (Å²) in [4.78, 5) is 36.5. The predicted molar refractivity (Wildman–Crippen MR) is 151 cm³/mol. The van der Waals surface area contributed by atoms with Crippen LogP contribution in [0, 0.1) is 6.92 Å². The minimum Gasteiger partial charge on any atom is -0.360 e. The van der Waals surface area contributed by atoms with Gasteiger partial charge in [0.2, 0.25) is 5.91 Å². The fraction of sp³-hybridized carbons (Fsp3) is 0.448. The van der Waals surface area contributed by atoms with Crippen molar-refractivity contribution in [2.24, 2.45) is 0 Å². The fourth-order valence-electron chi connectivity index (χ4n) is 6.29. The van der Waals surface area contributed by atoms with Gasteiger partial charge in [-0.25, -0.2) is 0 Å². The van der Waals surface area contributed by atoms with Crippen LogP contribution < -0.4 is 10.9 Å². The number of aromatic nitrogens is 3. The number of nitrogens with zero attached hydrogens (tertiary/aromatic N) is 5. The lowest BCUT2D eigenvalue weighted by Crippen LogP contribution is -2.51. The minimum atomic E-state index is -0.397. The van der Waals surface area contributed by atoms with Gasteiger partial charge in [-0.15, -0.1) is 0 Å². The van der Waals surface area contributed by atoms with Gasteiger partial charge in [0.1, 0.15) is 22.7 Å². The van der Waals surface area contributed by atoms with Crippen LogP contribution in [0.1, 0.15) is 49.1 Å². The summed E-state index contributed by atoms with van der Waals surface area (Å²) < 4.78 is 7.27. The molecular weight excluding hydrogens is 516 g/mol. The van der Waals surface area contributed by atoms with E-state index in [-0.39, 0.29) is 23.6 Å². The second-order valence-electron chi connectivity index (χ2n) is 10.8. The number of carbonyl (C=O) groups excluding carboxylic acids is 1. The molecule has 1 saturated carbocycles. The standard InChI is InChI=1S/C29H33ClN6O3/c1-18-24-26(33-39-18)25-22(30)9-4-10-23(25)36(29(24)38)21-8-3-7-20(16-21)32-28(37)27(19-6-5-11-31-17-19)35-14-12-34(2)13-15-35/h4-6,9-11,17,20-21,27H,3,7-8,12-16H2,1-2H3,(H,32,37). The second kappa shape index (κ2) is 10.7. The lowest BCUT2D eigenvalue weighted by Gasteiger charge is -2.38. The molecule has 1 aliphatic heterocycles. The highest BCUT2D eigenvalue weighted by atomic mass is 35.5. The Bertz CT molecular complexity index is 1560. The average Bonchev–Trinajstić information content (AvgIpc) is 3.32. The molecule has 3 aromatic heterocycles. The van der Waals surface area contributed by atoms with E-state index in [2.05, 4.69) is 32.3 Å². The normalized spacial score (nSPS) is 21.8. The lowest BCUT2D eigenvalue weighted by atomic mass is 9.89. The summed E-state index contributed by atoms with van der Waals surface area (Å²) in [6.07, 6.45) is 6.79. The Labute approximate surface area is 231 Å². The maximum atomic E-state index is 13.8. The van der Waals surface area contributed by atoms with Gasteiger partial charge in [-0.2, -0.15) is 0 Å². The van der Waals surface area contributed by atoms with E-state index in [0.29, 0.717) is 28.1 Å². The first kappa shape index (κ1) is 26.0. The van der Waals surface area contributed by atoms with E-state index in [1.54, 1.807) is 19.3 Å². The Hall–Kier alpha value is -3.27. The molecule has 9 nitrogen and oxygen atoms in total. The van der Waals surface area contributed by atoms with Gasteiger partial charge in [-0.1, -0.05) is 28.9 Å². The van der Waals surface area contributed by atoms with E-state index >= 15 is 0 Å². The molecule has 2 aliphatic rings. The Morgan fingerprint density at radius 1 is 1.13 bits per heavy atom. The highest BCUT2D eigenvalue weighted by Gasteiger charge is 2.34. The number of benzene rings is 1. The zero-order valence-corrected chi connectivity index (χ0v) is 23.0. The molecule has 3 unspecified atom stereocenters. The highest BCUT2D eigenvalue weighted by molar-refractivity contribution is 6.37. The number of fused-ring (bicyclic) bond motifs is 3. The van der Waals surface area contributed by atoms with Gasteiger partial charge in [-0.3, -0.25) is 19.5 Å². The SMILES string of the molecule is Cc1onc2c1c(=O)n(C1CCCC(NC(=O)C(c3cccnc3)N3CCN(C)CC3)C1)c1cccc(Cl)c21. The predicted octanol–water partition coefficient (Wildman–Crippen LogP) is 4.09. The molecule has 204 valence electrons. The number of rotatable bonds is 5. The van der Waals surface area contributed by atoms with Gasteiger partial charge in [-0.05, 0) is 63.4 Å². The topological polar surface area (TPSA) is 96.5 Å². The Balaban J connectivity index is 1.30. The minimum absolute atomic E-state index is 0.0104. The summed E-state index contributed by atoms with van der Waals surface area (Å²) >= 11 is 6.62. The first-order chi connectivity index (χ1) is 18.9. The molecule has 1 saturated heterocycles. The summed E-state index contributed by atoms with van der Waals surface area (Å²) in [5.74, 6) is 0.474. The molecule has 3 atom stereocenters. The molecule has 1 N–H and O–H groups in total. The molecule has 1 aromatic carbocycles. The number of carbonyl (C=O) groups is 1. The third-order valence-electron chi connectivity index (χ3n) is 8.29. The zero-order valence-electron chi connectivity index (χ0n) is 22.3. The molecule has 6 rings (SSSR count). The molecule has 0 bridgehead atoms. The summed E-state index contributed by atoms with van der Waals surface area (Å²) in [7, 11) is 2.11. The molecule has 0 spiro atoms. The number of amides is 1. The van der Waals surface area contributed by atoms with E-state index < -0.39 is 6.04 Å². The number of hydrogen-bond acceptors (Lipinski definition) is 7. The van der Waals surface area contributed by atoms with Crippen LogP contribution in [0.3, 0.4) is 0 Å². The van der Waals surface area contributed by atoms with Crippen LogP contribution in [0.4, 0.5) is 0 Å². The van der Waals surface area contributed by atoms with Crippen molar-refractivity contribution in [3.63, 3.8) is 0 Å². The van der Waals surface area contributed by atoms with E-state index in [1.165, 1.54) is 0 Å². The average molecular weight is 549 g/mol. The van der Waals surface area contributed by atoms with Crippen LogP contribution in [0.15, 0.2) is 52.0 Å². The van der Waals surface area contributed by atoms with Crippen molar-refractivity contribution < 1.29 is 9.32 Å². The van der Waals surface area contributed by atoms with Gasteiger partial charge in [0.15, 0.2) is 0 Å². The zero-order chi connectivity index (χ0) is 27.1. The second-order valence-corrected chi connectivity index (χ2v) is 11.2. The van der Waals surface area contributed by atoms with Gasteiger partial charge in [0.25, 0.3) is 5.56 Å².